The zero-order valence-electron chi connectivity index (χ0n) is 9.73. The van der Waals surface area contributed by atoms with E-state index in [-0.39, 0.29) is 5.54 Å². The van der Waals surface area contributed by atoms with Crippen molar-refractivity contribution in [2.24, 2.45) is 12.8 Å². The third-order valence-corrected chi connectivity index (χ3v) is 2.50. The Balaban J connectivity index is 2.45. The zero-order chi connectivity index (χ0) is 11.8. The van der Waals surface area contributed by atoms with Gasteiger partial charge in [0.2, 0.25) is 0 Å². The van der Waals surface area contributed by atoms with Crippen molar-refractivity contribution in [1.82, 2.24) is 19.7 Å². The molecule has 2 heterocycles. The molecule has 6 heteroatoms. The van der Waals surface area contributed by atoms with Gasteiger partial charge in [-0.15, -0.1) is 0 Å². The van der Waals surface area contributed by atoms with Crippen molar-refractivity contribution in [1.29, 1.82) is 0 Å². The lowest BCUT2D eigenvalue weighted by atomic mass is 10.1. The van der Waals surface area contributed by atoms with E-state index in [1.54, 1.807) is 10.9 Å². The maximum absolute atomic E-state index is 5.68. The van der Waals surface area contributed by atoms with Crippen molar-refractivity contribution in [3.8, 4) is 0 Å². The highest BCUT2D eigenvalue weighted by atomic mass is 15.3. The van der Waals surface area contributed by atoms with E-state index in [0.29, 0.717) is 6.54 Å². The fourth-order valence-electron chi connectivity index (χ4n) is 1.43. The van der Waals surface area contributed by atoms with Crippen LogP contribution in [-0.2, 0) is 7.05 Å². The topological polar surface area (TPSA) is 81.7 Å². The van der Waals surface area contributed by atoms with Gasteiger partial charge in [-0.1, -0.05) is 0 Å². The first-order chi connectivity index (χ1) is 7.53. The summed E-state index contributed by atoms with van der Waals surface area (Å²) >= 11 is 0. The van der Waals surface area contributed by atoms with Crippen LogP contribution in [0.2, 0.25) is 0 Å². The lowest BCUT2D eigenvalue weighted by molar-refractivity contribution is 0.578. The number of nitrogens with two attached hydrogens (primary N) is 1. The number of fused-ring (bicyclic) bond motifs is 1. The van der Waals surface area contributed by atoms with Crippen LogP contribution in [0.25, 0.3) is 11.0 Å². The van der Waals surface area contributed by atoms with Crippen LogP contribution in [0.15, 0.2) is 12.5 Å². The summed E-state index contributed by atoms with van der Waals surface area (Å²) in [5.41, 5.74) is 6.29. The van der Waals surface area contributed by atoms with Crippen molar-refractivity contribution in [3.63, 3.8) is 0 Å². The molecule has 3 N–H and O–H groups in total. The second-order valence-electron chi connectivity index (χ2n) is 4.44. The largest absolute Gasteiger partial charge is 0.363 e. The minimum Gasteiger partial charge on any atom is -0.363 e. The Labute approximate surface area is 93.9 Å². The first-order valence-corrected chi connectivity index (χ1v) is 5.14. The fraction of sp³-hybridized carbons (Fsp3) is 0.500. The van der Waals surface area contributed by atoms with Gasteiger partial charge in [0.1, 0.15) is 12.1 Å². The smallest absolute Gasteiger partial charge is 0.163 e. The van der Waals surface area contributed by atoms with E-state index in [9.17, 15) is 0 Å². The van der Waals surface area contributed by atoms with Crippen molar-refractivity contribution < 1.29 is 0 Å². The van der Waals surface area contributed by atoms with E-state index in [1.165, 1.54) is 6.33 Å². The molecule has 0 saturated carbocycles. The van der Waals surface area contributed by atoms with Gasteiger partial charge in [-0.3, -0.25) is 4.68 Å². The Bertz CT molecular complexity index is 501. The summed E-state index contributed by atoms with van der Waals surface area (Å²) in [6, 6.07) is 0. The molecule has 6 nitrogen and oxygen atoms in total. The molecule has 16 heavy (non-hydrogen) atoms. The molecule has 0 saturated heterocycles. The molecule has 0 spiro atoms. The summed E-state index contributed by atoms with van der Waals surface area (Å²) in [6.45, 7) is 4.58. The van der Waals surface area contributed by atoms with Crippen LogP contribution < -0.4 is 11.1 Å². The van der Waals surface area contributed by atoms with Crippen LogP contribution in [0.1, 0.15) is 13.8 Å². The highest BCUT2D eigenvalue weighted by Gasteiger charge is 2.17. The van der Waals surface area contributed by atoms with Gasteiger partial charge < -0.3 is 11.1 Å². The number of nitrogens with zero attached hydrogens (tertiary/aromatic N) is 4. The summed E-state index contributed by atoms with van der Waals surface area (Å²) in [4.78, 5) is 8.40. The predicted octanol–water partition coefficient (Wildman–Crippen LogP) is 0.513. The van der Waals surface area contributed by atoms with Gasteiger partial charge >= 0.3 is 0 Å². The highest BCUT2D eigenvalue weighted by Crippen LogP contribution is 2.20. The van der Waals surface area contributed by atoms with Crippen LogP contribution in [0.3, 0.4) is 0 Å². The zero-order valence-corrected chi connectivity index (χ0v) is 9.73. The summed E-state index contributed by atoms with van der Waals surface area (Å²) in [5.74, 6) is 0.772. The van der Waals surface area contributed by atoms with E-state index in [2.05, 4.69) is 20.4 Å². The molecule has 2 aromatic rings. The van der Waals surface area contributed by atoms with Gasteiger partial charge in [0, 0.05) is 19.1 Å². The van der Waals surface area contributed by atoms with E-state index in [0.717, 1.165) is 16.9 Å². The minimum atomic E-state index is -0.197. The molecule has 0 fully saturated rings. The van der Waals surface area contributed by atoms with Crippen molar-refractivity contribution in [3.05, 3.63) is 12.5 Å². The van der Waals surface area contributed by atoms with Crippen molar-refractivity contribution >= 4 is 16.9 Å². The number of hydrogen-bond donors (Lipinski definition) is 2. The van der Waals surface area contributed by atoms with Crippen LogP contribution in [0, 0.1) is 0 Å². The molecule has 0 aliphatic rings. The van der Waals surface area contributed by atoms with Gasteiger partial charge in [0.25, 0.3) is 0 Å². The lowest BCUT2D eigenvalue weighted by Crippen LogP contribution is -2.39. The summed E-state index contributed by atoms with van der Waals surface area (Å²) in [5, 5.41) is 8.36. The lowest BCUT2D eigenvalue weighted by Gasteiger charge is -2.24. The standard InChI is InChI=1S/C10H16N6/c1-10(2,5-11)15-8-7-4-14-16(3)9(7)13-6-12-8/h4,6H,5,11H2,1-3H3,(H,12,13,15). The Morgan fingerprint density at radius 1 is 1.44 bits per heavy atom. The molecule has 86 valence electrons. The number of rotatable bonds is 3. The normalized spacial score (nSPS) is 12.0. The predicted molar refractivity (Wildman–Crippen MR) is 63.1 cm³/mol. The fourth-order valence-corrected chi connectivity index (χ4v) is 1.43. The monoisotopic (exact) mass is 220 g/mol. The number of nitrogens with one attached hydrogen (secondary N) is 1. The molecule has 0 bridgehead atoms. The van der Waals surface area contributed by atoms with E-state index in [4.69, 9.17) is 5.73 Å². The number of aryl methyl sites for hydroxylation is 1. The highest BCUT2D eigenvalue weighted by molar-refractivity contribution is 5.86. The van der Waals surface area contributed by atoms with Gasteiger partial charge in [-0.2, -0.15) is 5.10 Å². The van der Waals surface area contributed by atoms with Crippen molar-refractivity contribution in [2.75, 3.05) is 11.9 Å². The van der Waals surface area contributed by atoms with Crippen LogP contribution in [0.5, 0.6) is 0 Å². The van der Waals surface area contributed by atoms with E-state index in [1.807, 2.05) is 20.9 Å². The minimum absolute atomic E-state index is 0.197. The Morgan fingerprint density at radius 3 is 2.88 bits per heavy atom. The quantitative estimate of drug-likeness (QED) is 0.787. The van der Waals surface area contributed by atoms with Gasteiger partial charge in [-0.25, -0.2) is 9.97 Å². The summed E-state index contributed by atoms with van der Waals surface area (Å²) in [6.07, 6.45) is 3.28. The number of aromatic nitrogens is 4. The number of hydrogen-bond acceptors (Lipinski definition) is 5. The maximum Gasteiger partial charge on any atom is 0.163 e. The molecule has 0 unspecified atom stereocenters. The molecular weight excluding hydrogens is 204 g/mol. The Morgan fingerprint density at radius 2 is 2.19 bits per heavy atom. The molecule has 0 radical (unpaired) electrons. The van der Waals surface area contributed by atoms with Crippen LogP contribution in [0.4, 0.5) is 5.82 Å². The third-order valence-electron chi connectivity index (χ3n) is 2.50. The molecule has 0 aliphatic carbocycles. The van der Waals surface area contributed by atoms with E-state index >= 15 is 0 Å². The Kier molecular flexibility index (Phi) is 2.51. The average Bonchev–Trinajstić information content (AvgIpc) is 2.62. The van der Waals surface area contributed by atoms with Crippen LogP contribution >= 0.6 is 0 Å². The van der Waals surface area contributed by atoms with Gasteiger partial charge in [0.15, 0.2) is 5.65 Å². The molecular formula is C10H16N6. The molecule has 0 aliphatic heterocycles. The van der Waals surface area contributed by atoms with Gasteiger partial charge in [-0.05, 0) is 13.8 Å². The number of anilines is 1. The Hall–Kier alpha value is -1.69. The molecule has 0 amide bonds. The maximum atomic E-state index is 5.68. The first-order valence-electron chi connectivity index (χ1n) is 5.14. The van der Waals surface area contributed by atoms with Crippen molar-refractivity contribution in [2.45, 2.75) is 19.4 Å². The second kappa shape index (κ2) is 3.71. The first kappa shape index (κ1) is 10.8. The summed E-state index contributed by atoms with van der Waals surface area (Å²) in [7, 11) is 1.85. The molecule has 2 aromatic heterocycles. The molecule has 0 atom stereocenters. The second-order valence-corrected chi connectivity index (χ2v) is 4.44. The average molecular weight is 220 g/mol. The molecule has 2 rings (SSSR count). The molecule has 0 aromatic carbocycles. The van der Waals surface area contributed by atoms with E-state index < -0.39 is 0 Å². The van der Waals surface area contributed by atoms with Gasteiger partial charge in [0.05, 0.1) is 11.6 Å². The summed E-state index contributed by atoms with van der Waals surface area (Å²) < 4.78 is 1.72. The SMILES string of the molecule is Cn1ncc2c(NC(C)(C)CN)ncnc21. The third kappa shape index (κ3) is 1.83. The van der Waals surface area contributed by atoms with Crippen LogP contribution in [-0.4, -0.2) is 31.8 Å².